The molecule has 8 heteroatoms. The van der Waals surface area contributed by atoms with Crippen LogP contribution in [0.4, 0.5) is 0 Å². The molecule has 194 valence electrons. The van der Waals surface area contributed by atoms with Crippen molar-refractivity contribution in [3.63, 3.8) is 0 Å². The number of halogens is 1. The van der Waals surface area contributed by atoms with E-state index in [1.54, 1.807) is 6.07 Å². The SMILES string of the molecule is O=C(O)COCCN1CCC(c2ccc3c(c2)C2(CCCCC2)c2nc(=O)c4c(Cl)cccc4n2-3)CC1. The van der Waals surface area contributed by atoms with Crippen LogP contribution in [0.25, 0.3) is 16.6 Å². The van der Waals surface area contributed by atoms with Crippen LogP contribution in [-0.2, 0) is 14.9 Å². The molecule has 1 N–H and O–H groups in total. The van der Waals surface area contributed by atoms with E-state index in [1.165, 1.54) is 17.5 Å². The number of piperidine rings is 1. The molecule has 3 aromatic rings. The number of benzene rings is 2. The number of rotatable bonds is 6. The summed E-state index contributed by atoms with van der Waals surface area (Å²) in [5.74, 6) is 0.435. The van der Waals surface area contributed by atoms with Crippen LogP contribution >= 0.6 is 11.6 Å². The first-order valence-electron chi connectivity index (χ1n) is 13.4. The number of ether oxygens (including phenoxy) is 1. The van der Waals surface area contributed by atoms with Gasteiger partial charge in [0.05, 0.1) is 33.6 Å². The molecule has 1 saturated heterocycles. The molecular weight excluding hydrogens is 490 g/mol. The van der Waals surface area contributed by atoms with Gasteiger partial charge in [0.25, 0.3) is 5.56 Å². The second kappa shape index (κ2) is 9.86. The quantitative estimate of drug-likeness (QED) is 0.465. The van der Waals surface area contributed by atoms with Crippen molar-refractivity contribution in [2.75, 3.05) is 32.8 Å². The standard InChI is InChI=1S/C29H32ClN3O4/c30-22-5-4-6-24-26(22)27(36)31-28-29(11-2-1-3-12-29)21-17-20(7-8-23(21)33(24)28)19-9-13-32(14-10-19)15-16-37-18-25(34)35/h4-8,17,19H,1-3,9-16,18H2,(H,34,35). The van der Waals surface area contributed by atoms with E-state index >= 15 is 0 Å². The highest BCUT2D eigenvalue weighted by molar-refractivity contribution is 6.35. The average molecular weight is 522 g/mol. The van der Waals surface area contributed by atoms with E-state index in [2.05, 4.69) is 27.7 Å². The Morgan fingerprint density at radius 1 is 1.14 bits per heavy atom. The molecular formula is C29H32ClN3O4. The fourth-order valence-electron chi connectivity index (χ4n) is 6.79. The van der Waals surface area contributed by atoms with Gasteiger partial charge in [-0.3, -0.25) is 9.36 Å². The van der Waals surface area contributed by atoms with Gasteiger partial charge in [0.15, 0.2) is 0 Å². The van der Waals surface area contributed by atoms with Crippen molar-refractivity contribution in [2.24, 2.45) is 0 Å². The van der Waals surface area contributed by atoms with Crippen LogP contribution in [0.15, 0.2) is 41.2 Å². The Kier molecular flexibility index (Phi) is 6.55. The van der Waals surface area contributed by atoms with Gasteiger partial charge in [-0.05, 0) is 74.0 Å². The highest BCUT2D eigenvalue weighted by Crippen LogP contribution is 2.52. The lowest BCUT2D eigenvalue weighted by atomic mass is 9.69. The van der Waals surface area contributed by atoms with Crippen molar-refractivity contribution < 1.29 is 14.6 Å². The molecule has 1 saturated carbocycles. The Labute approximate surface area is 221 Å². The molecule has 37 heavy (non-hydrogen) atoms. The summed E-state index contributed by atoms with van der Waals surface area (Å²) in [6.45, 7) is 2.92. The molecule has 3 aliphatic rings. The van der Waals surface area contributed by atoms with E-state index < -0.39 is 5.97 Å². The molecule has 2 aliphatic heterocycles. The molecule has 6 rings (SSSR count). The minimum atomic E-state index is -0.927. The Hall–Kier alpha value is -2.74. The van der Waals surface area contributed by atoms with Crippen LogP contribution in [0.2, 0.25) is 5.02 Å². The molecule has 2 aromatic carbocycles. The van der Waals surface area contributed by atoms with Gasteiger partial charge in [0, 0.05) is 6.54 Å². The maximum absolute atomic E-state index is 13.2. The number of carbonyl (C=O) groups is 1. The molecule has 1 aliphatic carbocycles. The second-order valence-electron chi connectivity index (χ2n) is 10.7. The number of hydrogen-bond acceptors (Lipinski definition) is 5. The Balaban J connectivity index is 1.32. The van der Waals surface area contributed by atoms with E-state index in [9.17, 15) is 9.59 Å². The molecule has 1 spiro atoms. The zero-order chi connectivity index (χ0) is 25.6. The average Bonchev–Trinajstić information content (AvgIpc) is 3.16. The van der Waals surface area contributed by atoms with Crippen molar-refractivity contribution in [3.05, 3.63) is 68.7 Å². The predicted octanol–water partition coefficient (Wildman–Crippen LogP) is 4.88. The highest BCUT2D eigenvalue weighted by Gasteiger charge is 2.46. The minimum Gasteiger partial charge on any atom is -0.480 e. The first-order chi connectivity index (χ1) is 18.0. The summed E-state index contributed by atoms with van der Waals surface area (Å²) in [4.78, 5) is 30.9. The molecule has 0 unspecified atom stereocenters. The van der Waals surface area contributed by atoms with Gasteiger partial charge in [-0.25, -0.2) is 4.79 Å². The third-order valence-corrected chi connectivity index (χ3v) is 8.93. The minimum absolute atomic E-state index is 0.221. The molecule has 2 fully saturated rings. The van der Waals surface area contributed by atoms with Gasteiger partial charge in [0.2, 0.25) is 0 Å². The third-order valence-electron chi connectivity index (χ3n) is 8.61. The van der Waals surface area contributed by atoms with Crippen LogP contribution < -0.4 is 5.56 Å². The number of nitrogens with zero attached hydrogens (tertiary/aromatic N) is 3. The number of aliphatic carboxylic acids is 1. The van der Waals surface area contributed by atoms with Crippen LogP contribution in [0.3, 0.4) is 0 Å². The van der Waals surface area contributed by atoms with Gasteiger partial charge in [0.1, 0.15) is 12.4 Å². The number of carboxylic acid groups (broad SMARTS) is 1. The van der Waals surface area contributed by atoms with Crippen molar-refractivity contribution >= 4 is 28.5 Å². The number of hydrogen-bond donors (Lipinski definition) is 1. The van der Waals surface area contributed by atoms with Crippen molar-refractivity contribution in [2.45, 2.75) is 56.3 Å². The zero-order valence-electron chi connectivity index (χ0n) is 20.9. The van der Waals surface area contributed by atoms with Crippen LogP contribution in [0.1, 0.15) is 67.8 Å². The van der Waals surface area contributed by atoms with E-state index in [0.29, 0.717) is 22.9 Å². The predicted molar refractivity (Wildman–Crippen MR) is 143 cm³/mol. The number of likely N-dealkylation sites (tertiary alicyclic amines) is 1. The lowest BCUT2D eigenvalue weighted by molar-refractivity contribution is -0.142. The summed E-state index contributed by atoms with van der Waals surface area (Å²) in [6.07, 6.45) is 7.63. The zero-order valence-corrected chi connectivity index (χ0v) is 21.7. The molecule has 0 amide bonds. The van der Waals surface area contributed by atoms with Gasteiger partial charge in [-0.15, -0.1) is 0 Å². The van der Waals surface area contributed by atoms with Gasteiger partial charge < -0.3 is 14.7 Å². The summed E-state index contributed by atoms with van der Waals surface area (Å²) >= 11 is 6.47. The summed E-state index contributed by atoms with van der Waals surface area (Å²) < 4.78 is 7.42. The molecule has 1 aromatic heterocycles. The summed E-state index contributed by atoms with van der Waals surface area (Å²) in [5, 5.41) is 9.69. The molecule has 3 heterocycles. The van der Waals surface area contributed by atoms with E-state index in [-0.39, 0.29) is 17.6 Å². The molecule has 7 nitrogen and oxygen atoms in total. The summed E-state index contributed by atoms with van der Waals surface area (Å²) in [5.41, 5.74) is 4.20. The van der Waals surface area contributed by atoms with Crippen molar-refractivity contribution in [1.82, 2.24) is 14.5 Å². The summed E-state index contributed by atoms with van der Waals surface area (Å²) in [7, 11) is 0. The number of carboxylic acids is 1. The summed E-state index contributed by atoms with van der Waals surface area (Å²) in [6, 6.07) is 12.6. The maximum Gasteiger partial charge on any atom is 0.329 e. The van der Waals surface area contributed by atoms with E-state index in [1.807, 2.05) is 12.1 Å². The van der Waals surface area contributed by atoms with Gasteiger partial charge >= 0.3 is 5.97 Å². The highest BCUT2D eigenvalue weighted by atomic mass is 35.5. The lowest BCUT2D eigenvalue weighted by Gasteiger charge is -2.35. The fourth-order valence-corrected chi connectivity index (χ4v) is 7.04. The monoisotopic (exact) mass is 521 g/mol. The molecule has 0 bridgehead atoms. The lowest BCUT2D eigenvalue weighted by Crippen LogP contribution is -2.35. The van der Waals surface area contributed by atoms with Crippen molar-refractivity contribution in [1.29, 1.82) is 0 Å². The Morgan fingerprint density at radius 2 is 1.92 bits per heavy atom. The topological polar surface area (TPSA) is 84.7 Å². The third kappa shape index (κ3) is 4.27. The number of aromatic nitrogens is 2. The van der Waals surface area contributed by atoms with Crippen LogP contribution in [0, 0.1) is 0 Å². The van der Waals surface area contributed by atoms with Crippen LogP contribution in [0.5, 0.6) is 0 Å². The van der Waals surface area contributed by atoms with Gasteiger partial charge in [-0.2, -0.15) is 4.98 Å². The van der Waals surface area contributed by atoms with Crippen LogP contribution in [-0.4, -0.2) is 58.4 Å². The Bertz CT molecular complexity index is 1400. The fraction of sp³-hybridized carbons (Fsp3) is 0.483. The first kappa shape index (κ1) is 24.6. The molecule has 0 atom stereocenters. The maximum atomic E-state index is 13.2. The van der Waals surface area contributed by atoms with E-state index in [4.69, 9.17) is 26.4 Å². The van der Waals surface area contributed by atoms with Crippen molar-refractivity contribution in [3.8, 4) is 5.69 Å². The number of fused-ring (bicyclic) bond motifs is 7. The largest absolute Gasteiger partial charge is 0.480 e. The first-order valence-corrected chi connectivity index (χ1v) is 13.7. The smallest absolute Gasteiger partial charge is 0.329 e. The molecule has 0 radical (unpaired) electrons. The van der Waals surface area contributed by atoms with E-state index in [0.717, 1.165) is 75.2 Å². The normalized spacial score (nSPS) is 19.3. The Morgan fingerprint density at radius 3 is 2.68 bits per heavy atom. The van der Waals surface area contributed by atoms with Gasteiger partial charge in [-0.1, -0.05) is 49.1 Å². The second-order valence-corrected chi connectivity index (χ2v) is 11.1.